The van der Waals surface area contributed by atoms with Crippen molar-refractivity contribution in [3.05, 3.63) is 108 Å². The molecule has 1 amide bonds. The summed E-state index contributed by atoms with van der Waals surface area (Å²) in [5.41, 5.74) is 2.76. The van der Waals surface area contributed by atoms with Crippen LogP contribution in [0.1, 0.15) is 23.1 Å². The lowest BCUT2D eigenvalue weighted by Gasteiger charge is -2.21. The van der Waals surface area contributed by atoms with Crippen LogP contribution in [0.2, 0.25) is 0 Å². The monoisotopic (exact) mass is 443 g/mol. The molecule has 0 aliphatic heterocycles. The Morgan fingerprint density at radius 3 is 1.73 bits per heavy atom. The number of rotatable bonds is 11. The Morgan fingerprint density at radius 1 is 0.727 bits per heavy atom. The van der Waals surface area contributed by atoms with Gasteiger partial charge in [0.1, 0.15) is 0 Å². The molecule has 33 heavy (non-hydrogen) atoms. The first-order valence-electron chi connectivity index (χ1n) is 11.1. The molecule has 0 bridgehead atoms. The van der Waals surface area contributed by atoms with Crippen molar-refractivity contribution in [2.24, 2.45) is 5.92 Å². The van der Waals surface area contributed by atoms with Crippen LogP contribution in [0.25, 0.3) is 0 Å². The highest BCUT2D eigenvalue weighted by molar-refractivity contribution is 5.92. The zero-order valence-corrected chi connectivity index (χ0v) is 18.8. The number of Topliss-reactive ketones (excluding diaryl/α,β-unsaturated/α-hetero) is 1. The second kappa shape index (κ2) is 12.3. The molecular formula is C28H29NO4. The lowest BCUT2D eigenvalue weighted by atomic mass is 9.90. The van der Waals surface area contributed by atoms with Gasteiger partial charge in [0.15, 0.2) is 5.78 Å². The molecular weight excluding hydrogens is 414 g/mol. The van der Waals surface area contributed by atoms with Gasteiger partial charge in [-0.2, -0.15) is 0 Å². The largest absolute Gasteiger partial charge is 0.469 e. The third kappa shape index (κ3) is 7.72. The highest BCUT2D eigenvalue weighted by Gasteiger charge is 2.28. The van der Waals surface area contributed by atoms with Crippen molar-refractivity contribution in [3.8, 4) is 0 Å². The number of carbonyl (C=O) groups excluding carboxylic acids is 3. The molecule has 1 N–H and O–H groups in total. The van der Waals surface area contributed by atoms with E-state index in [-0.39, 0.29) is 24.5 Å². The average Bonchev–Trinajstić information content (AvgIpc) is 2.84. The highest BCUT2D eigenvalue weighted by Crippen LogP contribution is 2.17. The molecule has 0 saturated heterocycles. The van der Waals surface area contributed by atoms with Crippen LogP contribution in [-0.4, -0.2) is 30.8 Å². The number of esters is 1. The second-order valence-corrected chi connectivity index (χ2v) is 8.05. The first-order valence-corrected chi connectivity index (χ1v) is 11.1. The highest BCUT2D eigenvalue weighted by atomic mass is 16.5. The summed E-state index contributed by atoms with van der Waals surface area (Å²) < 4.78 is 4.97. The van der Waals surface area contributed by atoms with Crippen LogP contribution in [0.3, 0.4) is 0 Å². The van der Waals surface area contributed by atoms with Crippen LogP contribution >= 0.6 is 0 Å². The summed E-state index contributed by atoms with van der Waals surface area (Å²) in [5, 5.41) is 2.90. The molecule has 5 heteroatoms. The Kier molecular flexibility index (Phi) is 8.95. The van der Waals surface area contributed by atoms with Crippen molar-refractivity contribution in [3.63, 3.8) is 0 Å². The van der Waals surface area contributed by atoms with Gasteiger partial charge in [-0.15, -0.1) is 0 Å². The third-order valence-corrected chi connectivity index (χ3v) is 5.52. The Bertz CT molecular complexity index is 1040. The molecule has 0 radical (unpaired) electrons. The lowest BCUT2D eigenvalue weighted by Crippen LogP contribution is -2.44. The van der Waals surface area contributed by atoms with Crippen LogP contribution in [-0.2, 0) is 38.4 Å². The zero-order chi connectivity index (χ0) is 23.5. The van der Waals surface area contributed by atoms with E-state index in [2.05, 4.69) is 5.32 Å². The van der Waals surface area contributed by atoms with E-state index in [0.29, 0.717) is 12.8 Å². The molecule has 0 saturated carbocycles. The van der Waals surface area contributed by atoms with E-state index in [4.69, 9.17) is 4.74 Å². The maximum atomic E-state index is 13.3. The minimum Gasteiger partial charge on any atom is -0.469 e. The summed E-state index contributed by atoms with van der Waals surface area (Å²) in [7, 11) is 1.33. The summed E-state index contributed by atoms with van der Waals surface area (Å²) in [6, 6.07) is 27.7. The quantitative estimate of drug-likeness (QED) is 0.456. The molecule has 0 aliphatic carbocycles. The fourth-order valence-corrected chi connectivity index (χ4v) is 3.81. The number of methoxy groups -OCH3 is 1. The van der Waals surface area contributed by atoms with Gasteiger partial charge < -0.3 is 10.1 Å². The van der Waals surface area contributed by atoms with Gasteiger partial charge in [0.25, 0.3) is 0 Å². The Hall–Kier alpha value is -3.73. The predicted molar refractivity (Wildman–Crippen MR) is 127 cm³/mol. The number of amides is 1. The molecule has 170 valence electrons. The minimum atomic E-state index is -0.730. The van der Waals surface area contributed by atoms with Crippen molar-refractivity contribution >= 4 is 17.7 Å². The number of ether oxygens (including phenoxy) is 1. The average molecular weight is 444 g/mol. The first-order chi connectivity index (χ1) is 16.0. The maximum absolute atomic E-state index is 13.3. The molecule has 0 aliphatic rings. The fourth-order valence-electron chi connectivity index (χ4n) is 3.81. The summed E-state index contributed by atoms with van der Waals surface area (Å²) in [6.45, 7) is 0. The van der Waals surface area contributed by atoms with Gasteiger partial charge in [0.05, 0.1) is 25.5 Å². The van der Waals surface area contributed by atoms with Gasteiger partial charge in [-0.25, -0.2) is 0 Å². The van der Waals surface area contributed by atoms with E-state index >= 15 is 0 Å². The summed E-state index contributed by atoms with van der Waals surface area (Å²) >= 11 is 0. The number of hydrogen-bond acceptors (Lipinski definition) is 4. The normalized spacial score (nSPS) is 12.4. The van der Waals surface area contributed by atoms with Crippen molar-refractivity contribution in [2.45, 2.75) is 31.7 Å². The molecule has 0 fully saturated rings. The van der Waals surface area contributed by atoms with Crippen LogP contribution in [0.15, 0.2) is 91.0 Å². The van der Waals surface area contributed by atoms with Crippen LogP contribution in [0.4, 0.5) is 0 Å². The molecule has 0 unspecified atom stereocenters. The third-order valence-electron chi connectivity index (χ3n) is 5.52. The predicted octanol–water partition coefficient (Wildman–Crippen LogP) is 3.95. The SMILES string of the molecule is COC(=O)[C@@H](CC(=O)[C@H](Cc1ccccc1)NC(=O)Cc1ccccc1)Cc1ccccc1. The number of carbonyl (C=O) groups is 3. The summed E-state index contributed by atoms with van der Waals surface area (Å²) in [4.78, 5) is 38.5. The fraction of sp³-hybridized carbons (Fsp3) is 0.250. The second-order valence-electron chi connectivity index (χ2n) is 8.05. The van der Waals surface area contributed by atoms with Gasteiger partial charge in [0, 0.05) is 6.42 Å². The Morgan fingerprint density at radius 2 is 1.21 bits per heavy atom. The van der Waals surface area contributed by atoms with Crippen LogP contribution in [0, 0.1) is 5.92 Å². The zero-order valence-electron chi connectivity index (χ0n) is 18.8. The first kappa shape index (κ1) is 23.9. The van der Waals surface area contributed by atoms with E-state index in [1.165, 1.54) is 7.11 Å². The van der Waals surface area contributed by atoms with E-state index in [1.807, 2.05) is 91.0 Å². The molecule has 0 aromatic heterocycles. The minimum absolute atomic E-state index is 0.00924. The van der Waals surface area contributed by atoms with Gasteiger partial charge >= 0.3 is 5.97 Å². The molecule has 2 atom stereocenters. The molecule has 3 rings (SSSR count). The maximum Gasteiger partial charge on any atom is 0.309 e. The van der Waals surface area contributed by atoms with Gasteiger partial charge in [-0.1, -0.05) is 91.0 Å². The van der Waals surface area contributed by atoms with Crippen molar-refractivity contribution in [2.75, 3.05) is 7.11 Å². The standard InChI is InChI=1S/C28H29NO4/c1-33-28(32)24(17-21-11-5-2-6-12-21)20-26(30)25(18-22-13-7-3-8-14-22)29-27(31)19-23-15-9-4-10-16-23/h2-16,24-25H,17-20H2,1H3,(H,29,31)/t24-,25+/m1/s1. The molecule has 3 aromatic rings. The van der Waals surface area contributed by atoms with Crippen molar-refractivity contribution in [1.82, 2.24) is 5.32 Å². The topological polar surface area (TPSA) is 72.5 Å². The van der Waals surface area contributed by atoms with Gasteiger partial charge in [0.2, 0.25) is 5.91 Å². The van der Waals surface area contributed by atoms with Crippen LogP contribution < -0.4 is 5.32 Å². The molecule has 0 spiro atoms. The van der Waals surface area contributed by atoms with E-state index in [1.54, 1.807) is 0 Å². The molecule has 3 aromatic carbocycles. The Balaban J connectivity index is 1.74. The Labute approximate surface area is 194 Å². The summed E-state index contributed by atoms with van der Waals surface area (Å²) in [6.07, 6.45) is 0.934. The number of nitrogens with one attached hydrogen (secondary N) is 1. The molecule has 5 nitrogen and oxygen atoms in total. The van der Waals surface area contributed by atoms with Gasteiger partial charge in [-0.3, -0.25) is 14.4 Å². The number of ketones is 1. The van der Waals surface area contributed by atoms with Crippen LogP contribution in [0.5, 0.6) is 0 Å². The van der Waals surface area contributed by atoms with Crippen molar-refractivity contribution < 1.29 is 19.1 Å². The number of benzene rings is 3. The van der Waals surface area contributed by atoms with Gasteiger partial charge in [-0.05, 0) is 29.5 Å². The van der Waals surface area contributed by atoms with E-state index in [9.17, 15) is 14.4 Å². The lowest BCUT2D eigenvalue weighted by molar-refractivity contribution is -0.147. The number of hydrogen-bond donors (Lipinski definition) is 1. The smallest absolute Gasteiger partial charge is 0.309 e. The summed E-state index contributed by atoms with van der Waals surface area (Å²) in [5.74, 6) is -1.46. The molecule has 0 heterocycles. The van der Waals surface area contributed by atoms with Crippen molar-refractivity contribution in [1.29, 1.82) is 0 Å². The van der Waals surface area contributed by atoms with E-state index < -0.39 is 17.9 Å². The van der Waals surface area contributed by atoms with E-state index in [0.717, 1.165) is 16.7 Å².